The van der Waals surface area contributed by atoms with Crippen molar-refractivity contribution in [1.29, 1.82) is 0 Å². The Balaban J connectivity index is 3.50. The van der Waals surface area contributed by atoms with Crippen LogP contribution in [0.5, 0.6) is 0 Å². The van der Waals surface area contributed by atoms with E-state index in [1.165, 1.54) is 5.56 Å². The van der Waals surface area contributed by atoms with Crippen LogP contribution in [0.25, 0.3) is 13.2 Å². The predicted octanol–water partition coefficient (Wildman–Crippen LogP) is 2.15. The molecule has 0 aliphatic carbocycles. The summed E-state index contributed by atoms with van der Waals surface area (Å²) in [7, 11) is 0. The van der Waals surface area contributed by atoms with Crippen molar-refractivity contribution in [2.24, 2.45) is 0 Å². The highest BCUT2D eigenvalue weighted by atomic mass is 14.6. The van der Waals surface area contributed by atoms with Crippen molar-refractivity contribution in [1.82, 2.24) is 4.98 Å². The van der Waals surface area contributed by atoms with Gasteiger partial charge in [0.05, 0.1) is 5.35 Å². The Labute approximate surface area is 91.1 Å². The average Bonchev–Trinajstić information content (AvgIpc) is 2.18. The third-order valence-electron chi connectivity index (χ3n) is 2.18. The van der Waals surface area contributed by atoms with Gasteiger partial charge in [-0.2, -0.15) is 0 Å². The molecule has 0 spiro atoms. The van der Waals surface area contributed by atoms with Crippen LogP contribution in [0.3, 0.4) is 0 Å². The summed E-state index contributed by atoms with van der Waals surface area (Å²) in [5.41, 5.74) is 1.24. The van der Waals surface area contributed by atoms with E-state index in [2.05, 4.69) is 38.1 Å². The zero-order valence-electron chi connectivity index (χ0n) is 9.40. The van der Waals surface area contributed by atoms with Gasteiger partial charge in [-0.3, -0.25) is 4.98 Å². The Morgan fingerprint density at radius 1 is 1.07 bits per heavy atom. The molecule has 0 unspecified atom stereocenters. The van der Waals surface area contributed by atoms with Crippen molar-refractivity contribution >= 4 is 13.2 Å². The van der Waals surface area contributed by atoms with E-state index in [9.17, 15) is 0 Å². The molecule has 0 saturated carbocycles. The van der Waals surface area contributed by atoms with E-state index in [0.29, 0.717) is 5.92 Å². The summed E-state index contributed by atoms with van der Waals surface area (Å²) in [5.74, 6) is 0.469. The highest BCUT2D eigenvalue weighted by molar-refractivity contribution is 5.21. The minimum Gasteiger partial charge on any atom is -0.258 e. The third kappa shape index (κ3) is 3.55. The standard InChI is InChI=1S/C14H17N/c1-11(2)14-9-5-8-13(4)15-10-6-7-12(14)3/h5-11H,3-4H2,1-2H3. The Morgan fingerprint density at radius 3 is 2.47 bits per heavy atom. The van der Waals surface area contributed by atoms with Gasteiger partial charge < -0.3 is 0 Å². The van der Waals surface area contributed by atoms with E-state index in [1.54, 1.807) is 6.20 Å². The van der Waals surface area contributed by atoms with Gasteiger partial charge in [-0.15, -0.1) is 0 Å². The van der Waals surface area contributed by atoms with E-state index in [4.69, 9.17) is 0 Å². The molecule has 15 heavy (non-hydrogen) atoms. The number of nitrogens with zero attached hydrogens (tertiary/aromatic N) is 1. The van der Waals surface area contributed by atoms with E-state index in [1.807, 2.05) is 24.3 Å². The topological polar surface area (TPSA) is 12.9 Å². The summed E-state index contributed by atoms with van der Waals surface area (Å²) < 4.78 is 0. The predicted molar refractivity (Wildman–Crippen MR) is 66.2 cm³/mol. The highest BCUT2D eigenvalue weighted by Crippen LogP contribution is 2.06. The van der Waals surface area contributed by atoms with Crippen LogP contribution in [-0.2, 0) is 0 Å². The summed E-state index contributed by atoms with van der Waals surface area (Å²) in [4.78, 5) is 4.13. The van der Waals surface area contributed by atoms with Gasteiger partial charge in [-0.1, -0.05) is 45.2 Å². The first-order valence-electron chi connectivity index (χ1n) is 5.08. The molecule has 1 heteroatoms. The molecule has 0 aromatic carbocycles. The molecular weight excluding hydrogens is 182 g/mol. The second-order valence-electron chi connectivity index (χ2n) is 3.79. The van der Waals surface area contributed by atoms with Crippen LogP contribution in [0, 0.1) is 0 Å². The molecule has 0 aliphatic rings. The maximum absolute atomic E-state index is 4.13. The molecule has 0 N–H and O–H groups in total. The number of rotatable bonds is 1. The number of aromatic nitrogens is 1. The van der Waals surface area contributed by atoms with E-state index in [-0.39, 0.29) is 0 Å². The quantitative estimate of drug-likeness (QED) is 0.675. The summed E-state index contributed by atoms with van der Waals surface area (Å²) >= 11 is 0. The molecule has 0 radical (unpaired) electrons. The van der Waals surface area contributed by atoms with Gasteiger partial charge in [-0.25, -0.2) is 0 Å². The molecule has 1 aromatic heterocycles. The van der Waals surface area contributed by atoms with Gasteiger partial charge in [0.1, 0.15) is 0 Å². The molecule has 0 amide bonds. The second-order valence-corrected chi connectivity index (χ2v) is 3.79. The Bertz CT molecular complexity index is 473. The zero-order valence-corrected chi connectivity index (χ0v) is 9.40. The number of hydrogen-bond acceptors (Lipinski definition) is 1. The summed E-state index contributed by atoms with van der Waals surface area (Å²) in [5, 5.41) is 1.79. The van der Waals surface area contributed by atoms with Crippen molar-refractivity contribution in [3.05, 3.63) is 52.7 Å². The average molecular weight is 199 g/mol. The van der Waals surface area contributed by atoms with Crippen LogP contribution in [-0.4, -0.2) is 4.98 Å². The van der Waals surface area contributed by atoms with E-state index >= 15 is 0 Å². The zero-order chi connectivity index (χ0) is 11.3. The SMILES string of the molecule is C=c1cccc(C(C)C)c(=C)cccn1. The lowest BCUT2D eigenvalue weighted by atomic mass is 10.0. The Hall–Kier alpha value is -1.63. The summed E-state index contributed by atoms with van der Waals surface area (Å²) in [6.45, 7) is 12.2. The lowest BCUT2D eigenvalue weighted by molar-refractivity contribution is 0.860. The molecule has 1 aromatic rings. The summed E-state index contributed by atoms with van der Waals surface area (Å²) in [6, 6.07) is 9.80. The van der Waals surface area contributed by atoms with Crippen molar-refractivity contribution in [3.63, 3.8) is 0 Å². The molecule has 0 saturated heterocycles. The van der Waals surface area contributed by atoms with Crippen molar-refractivity contribution < 1.29 is 0 Å². The lowest BCUT2D eigenvalue weighted by Gasteiger charge is -2.02. The van der Waals surface area contributed by atoms with Gasteiger partial charge in [0.25, 0.3) is 0 Å². The third-order valence-corrected chi connectivity index (χ3v) is 2.18. The highest BCUT2D eigenvalue weighted by Gasteiger charge is 1.95. The van der Waals surface area contributed by atoms with Gasteiger partial charge in [0, 0.05) is 6.20 Å². The molecule has 0 bridgehead atoms. The lowest BCUT2D eigenvalue weighted by Crippen LogP contribution is -2.06. The normalized spacial score (nSPS) is 9.80. The molecule has 1 nitrogen and oxygen atoms in total. The molecule has 0 atom stereocenters. The van der Waals surface area contributed by atoms with Crippen LogP contribution >= 0.6 is 0 Å². The largest absolute Gasteiger partial charge is 0.258 e. The first kappa shape index (κ1) is 11.4. The van der Waals surface area contributed by atoms with Crippen molar-refractivity contribution in [2.75, 3.05) is 0 Å². The van der Waals surface area contributed by atoms with Crippen LogP contribution in [0.1, 0.15) is 25.3 Å². The Kier molecular flexibility index (Phi) is 4.04. The molecular formula is C14H17N. The second kappa shape index (κ2) is 5.30. The fourth-order valence-electron chi connectivity index (χ4n) is 1.37. The van der Waals surface area contributed by atoms with Crippen LogP contribution < -0.4 is 10.6 Å². The van der Waals surface area contributed by atoms with Gasteiger partial charge in [0.2, 0.25) is 0 Å². The van der Waals surface area contributed by atoms with Gasteiger partial charge in [0.15, 0.2) is 0 Å². The van der Waals surface area contributed by atoms with E-state index < -0.39 is 0 Å². The molecule has 0 aliphatic heterocycles. The minimum atomic E-state index is 0.469. The minimum absolute atomic E-state index is 0.469. The fraction of sp³-hybridized carbons (Fsp3) is 0.214. The van der Waals surface area contributed by atoms with Crippen molar-refractivity contribution in [2.45, 2.75) is 19.8 Å². The first-order chi connectivity index (χ1) is 7.11. The van der Waals surface area contributed by atoms with E-state index in [0.717, 1.165) is 10.6 Å². The molecule has 78 valence electrons. The smallest absolute Gasteiger partial charge is 0.0557 e. The summed E-state index contributed by atoms with van der Waals surface area (Å²) in [6.07, 6.45) is 1.74. The van der Waals surface area contributed by atoms with Crippen LogP contribution in [0.15, 0.2) is 36.5 Å². The molecule has 1 heterocycles. The van der Waals surface area contributed by atoms with Gasteiger partial charge in [-0.05, 0) is 28.8 Å². The monoisotopic (exact) mass is 199 g/mol. The fourth-order valence-corrected chi connectivity index (χ4v) is 1.37. The maximum Gasteiger partial charge on any atom is 0.0557 e. The van der Waals surface area contributed by atoms with Gasteiger partial charge >= 0.3 is 0 Å². The first-order valence-corrected chi connectivity index (χ1v) is 5.08. The number of hydrogen-bond donors (Lipinski definition) is 0. The van der Waals surface area contributed by atoms with Crippen LogP contribution in [0.2, 0.25) is 0 Å². The molecule has 1 rings (SSSR count). The maximum atomic E-state index is 4.13. The van der Waals surface area contributed by atoms with Crippen LogP contribution in [0.4, 0.5) is 0 Å². The van der Waals surface area contributed by atoms with Crippen molar-refractivity contribution in [3.8, 4) is 0 Å². The molecule has 0 fully saturated rings. The Morgan fingerprint density at radius 2 is 1.80 bits per heavy atom.